The number of ether oxygens (including phenoxy) is 1. The lowest BCUT2D eigenvalue weighted by molar-refractivity contribution is 0.122. The van der Waals surface area contributed by atoms with Gasteiger partial charge in [0.2, 0.25) is 5.95 Å². The van der Waals surface area contributed by atoms with Crippen molar-refractivity contribution in [3.05, 3.63) is 35.1 Å². The zero-order valence-corrected chi connectivity index (χ0v) is 17.2. The van der Waals surface area contributed by atoms with Crippen LogP contribution in [0.5, 0.6) is 0 Å². The van der Waals surface area contributed by atoms with Crippen molar-refractivity contribution < 1.29 is 4.74 Å². The van der Waals surface area contributed by atoms with E-state index < -0.39 is 0 Å². The molecule has 27 heavy (non-hydrogen) atoms. The number of rotatable bonds is 4. The molecule has 4 rings (SSSR count). The number of hydrogen-bond acceptors (Lipinski definition) is 7. The largest absolute Gasteiger partial charge is 0.378 e. The summed E-state index contributed by atoms with van der Waals surface area (Å²) in [5.41, 5.74) is 0. The van der Waals surface area contributed by atoms with Crippen molar-refractivity contribution in [2.75, 3.05) is 61.1 Å². The van der Waals surface area contributed by atoms with E-state index in [0.29, 0.717) is 6.04 Å². The summed E-state index contributed by atoms with van der Waals surface area (Å²) in [6.07, 6.45) is 5.88. The van der Waals surface area contributed by atoms with E-state index in [4.69, 9.17) is 9.72 Å². The molecule has 0 bridgehead atoms. The van der Waals surface area contributed by atoms with Gasteiger partial charge in [-0.2, -0.15) is 4.98 Å². The minimum absolute atomic E-state index is 0.469. The number of nitrogens with zero attached hydrogens (tertiary/aromatic N) is 6. The standard InChI is InChI=1S/C19H25BrN6O/c1-24(17-4-8-22-19(23-17)26-11-13-27-14-12-26)15-5-9-25(10-6-15)18-16(20)3-2-7-21-18/h2-4,7-8,15H,5-6,9-14H2,1H3. The van der Waals surface area contributed by atoms with Crippen LogP contribution in [0, 0.1) is 0 Å². The second-order valence-electron chi connectivity index (χ2n) is 6.95. The Morgan fingerprint density at radius 3 is 2.56 bits per heavy atom. The van der Waals surface area contributed by atoms with E-state index in [9.17, 15) is 0 Å². The maximum Gasteiger partial charge on any atom is 0.227 e. The highest BCUT2D eigenvalue weighted by Gasteiger charge is 2.25. The van der Waals surface area contributed by atoms with Crippen LogP contribution in [0.1, 0.15) is 12.8 Å². The van der Waals surface area contributed by atoms with E-state index in [2.05, 4.69) is 53.7 Å². The average Bonchev–Trinajstić information content (AvgIpc) is 2.74. The smallest absolute Gasteiger partial charge is 0.227 e. The molecule has 0 amide bonds. The second-order valence-corrected chi connectivity index (χ2v) is 7.81. The van der Waals surface area contributed by atoms with E-state index in [1.54, 1.807) is 0 Å². The maximum atomic E-state index is 5.43. The first-order chi connectivity index (χ1) is 13.2. The summed E-state index contributed by atoms with van der Waals surface area (Å²) >= 11 is 3.61. The molecule has 0 aliphatic carbocycles. The van der Waals surface area contributed by atoms with Crippen LogP contribution in [-0.4, -0.2) is 67.4 Å². The topological polar surface area (TPSA) is 57.6 Å². The van der Waals surface area contributed by atoms with Gasteiger partial charge in [-0.3, -0.25) is 0 Å². The minimum atomic E-state index is 0.469. The van der Waals surface area contributed by atoms with Crippen LogP contribution in [0.15, 0.2) is 35.1 Å². The lowest BCUT2D eigenvalue weighted by Crippen LogP contribution is -2.44. The van der Waals surface area contributed by atoms with Crippen molar-refractivity contribution in [1.82, 2.24) is 15.0 Å². The number of aromatic nitrogens is 3. The Balaban J connectivity index is 1.40. The van der Waals surface area contributed by atoms with Gasteiger partial charge in [0, 0.05) is 51.7 Å². The van der Waals surface area contributed by atoms with E-state index in [0.717, 1.165) is 74.3 Å². The van der Waals surface area contributed by atoms with E-state index in [1.807, 2.05) is 24.5 Å². The zero-order chi connectivity index (χ0) is 18.6. The molecule has 2 aromatic heterocycles. The van der Waals surface area contributed by atoms with Crippen molar-refractivity contribution in [3.63, 3.8) is 0 Å². The Kier molecular flexibility index (Phi) is 5.73. The molecule has 0 aromatic carbocycles. The van der Waals surface area contributed by atoms with Crippen LogP contribution in [-0.2, 0) is 4.74 Å². The molecule has 2 aliphatic heterocycles. The first kappa shape index (κ1) is 18.4. The first-order valence-electron chi connectivity index (χ1n) is 9.46. The quantitative estimate of drug-likeness (QED) is 0.735. The minimum Gasteiger partial charge on any atom is -0.378 e. The maximum absolute atomic E-state index is 5.43. The third kappa shape index (κ3) is 4.16. The lowest BCUT2D eigenvalue weighted by atomic mass is 10.0. The molecule has 2 aromatic rings. The molecule has 2 fully saturated rings. The molecule has 0 saturated carbocycles. The van der Waals surface area contributed by atoms with Gasteiger partial charge in [0.05, 0.1) is 17.7 Å². The summed E-state index contributed by atoms with van der Waals surface area (Å²) in [5, 5.41) is 0. The molecule has 2 aliphatic rings. The fraction of sp³-hybridized carbons (Fsp3) is 0.526. The highest BCUT2D eigenvalue weighted by atomic mass is 79.9. The summed E-state index contributed by atoms with van der Waals surface area (Å²) in [7, 11) is 2.14. The van der Waals surface area contributed by atoms with Crippen LogP contribution in [0.25, 0.3) is 0 Å². The molecule has 4 heterocycles. The van der Waals surface area contributed by atoms with Crippen LogP contribution in [0.2, 0.25) is 0 Å². The summed E-state index contributed by atoms with van der Waals surface area (Å²) in [4.78, 5) is 20.7. The van der Waals surface area contributed by atoms with Gasteiger partial charge in [0.1, 0.15) is 11.6 Å². The van der Waals surface area contributed by atoms with Crippen LogP contribution in [0.3, 0.4) is 0 Å². The Labute approximate surface area is 168 Å². The lowest BCUT2D eigenvalue weighted by Gasteiger charge is -2.38. The third-order valence-electron chi connectivity index (χ3n) is 5.33. The molecule has 0 spiro atoms. The van der Waals surface area contributed by atoms with Gasteiger partial charge in [0.15, 0.2) is 0 Å². The first-order valence-corrected chi connectivity index (χ1v) is 10.3. The molecule has 8 heteroatoms. The number of piperidine rings is 1. The van der Waals surface area contributed by atoms with Crippen molar-refractivity contribution in [1.29, 1.82) is 0 Å². The van der Waals surface area contributed by atoms with E-state index in [1.165, 1.54) is 0 Å². The van der Waals surface area contributed by atoms with Crippen molar-refractivity contribution in [2.45, 2.75) is 18.9 Å². The number of morpholine rings is 1. The van der Waals surface area contributed by atoms with Crippen LogP contribution < -0.4 is 14.7 Å². The SMILES string of the molecule is CN(c1ccnc(N2CCOCC2)n1)C1CCN(c2ncccc2Br)CC1. The summed E-state index contributed by atoms with van der Waals surface area (Å²) < 4.78 is 6.49. The highest BCUT2D eigenvalue weighted by Crippen LogP contribution is 2.28. The fourth-order valence-corrected chi connectivity index (χ4v) is 4.22. The number of halogens is 1. The molecule has 2 saturated heterocycles. The summed E-state index contributed by atoms with van der Waals surface area (Å²) in [5.74, 6) is 2.83. The van der Waals surface area contributed by atoms with Crippen LogP contribution >= 0.6 is 15.9 Å². The molecular weight excluding hydrogens is 408 g/mol. The van der Waals surface area contributed by atoms with Crippen molar-refractivity contribution >= 4 is 33.5 Å². The molecule has 0 atom stereocenters. The monoisotopic (exact) mass is 432 g/mol. The Morgan fingerprint density at radius 1 is 1.04 bits per heavy atom. The van der Waals surface area contributed by atoms with Gasteiger partial charge in [-0.25, -0.2) is 9.97 Å². The Hall–Kier alpha value is -1.93. The van der Waals surface area contributed by atoms with Gasteiger partial charge in [-0.05, 0) is 47.0 Å². The molecule has 0 N–H and O–H groups in total. The molecular formula is C19H25BrN6O. The van der Waals surface area contributed by atoms with Gasteiger partial charge in [-0.1, -0.05) is 0 Å². The average molecular weight is 433 g/mol. The normalized spacial score (nSPS) is 18.6. The predicted molar refractivity (Wildman–Crippen MR) is 111 cm³/mol. The van der Waals surface area contributed by atoms with E-state index in [-0.39, 0.29) is 0 Å². The molecule has 0 radical (unpaired) electrons. The van der Waals surface area contributed by atoms with Gasteiger partial charge < -0.3 is 19.4 Å². The van der Waals surface area contributed by atoms with Crippen molar-refractivity contribution in [2.24, 2.45) is 0 Å². The van der Waals surface area contributed by atoms with E-state index >= 15 is 0 Å². The highest BCUT2D eigenvalue weighted by molar-refractivity contribution is 9.10. The van der Waals surface area contributed by atoms with Crippen molar-refractivity contribution in [3.8, 4) is 0 Å². The molecule has 7 nitrogen and oxygen atoms in total. The summed E-state index contributed by atoms with van der Waals surface area (Å²) in [6.45, 7) is 5.17. The fourth-order valence-electron chi connectivity index (χ4n) is 3.71. The number of anilines is 3. The molecule has 0 unspecified atom stereocenters. The number of hydrogen-bond donors (Lipinski definition) is 0. The van der Waals surface area contributed by atoms with Gasteiger partial charge in [0.25, 0.3) is 0 Å². The third-order valence-corrected chi connectivity index (χ3v) is 5.95. The Morgan fingerprint density at radius 2 is 1.81 bits per heavy atom. The summed E-state index contributed by atoms with van der Waals surface area (Å²) in [6, 6.07) is 6.48. The number of pyridine rings is 1. The Bertz CT molecular complexity index is 761. The van der Waals surface area contributed by atoms with Gasteiger partial charge >= 0.3 is 0 Å². The molecule has 144 valence electrons. The zero-order valence-electron chi connectivity index (χ0n) is 15.6. The predicted octanol–water partition coefficient (Wildman–Crippen LogP) is 2.58. The van der Waals surface area contributed by atoms with Gasteiger partial charge in [-0.15, -0.1) is 0 Å². The van der Waals surface area contributed by atoms with Crippen LogP contribution in [0.4, 0.5) is 17.6 Å². The second kappa shape index (κ2) is 8.39.